The zero-order valence-electron chi connectivity index (χ0n) is 10.4. The Hall–Kier alpha value is -1.40. The highest BCUT2D eigenvalue weighted by molar-refractivity contribution is 5.96. The van der Waals surface area contributed by atoms with Gasteiger partial charge in [0.15, 0.2) is 0 Å². The molecule has 0 saturated carbocycles. The molecular formula is C11H19N5O. The Bertz CT molecular complexity index is 408. The van der Waals surface area contributed by atoms with E-state index in [0.717, 1.165) is 18.9 Å². The second kappa shape index (κ2) is 4.46. The summed E-state index contributed by atoms with van der Waals surface area (Å²) in [7, 11) is 1.77. The van der Waals surface area contributed by atoms with Gasteiger partial charge < -0.3 is 16.0 Å². The summed E-state index contributed by atoms with van der Waals surface area (Å²) in [5.41, 5.74) is -0.590. The largest absolute Gasteiger partial charge is 0.312 e. The van der Waals surface area contributed by atoms with Gasteiger partial charge >= 0.3 is 0 Å². The van der Waals surface area contributed by atoms with Crippen LogP contribution in [-0.4, -0.2) is 41.4 Å². The van der Waals surface area contributed by atoms with E-state index in [9.17, 15) is 4.79 Å². The molecule has 0 atom stereocenters. The quantitative estimate of drug-likeness (QED) is 0.687. The Balaban J connectivity index is 2.08. The number of carbonyl (C=O) groups excluding carboxylic acids is 1. The molecule has 1 aliphatic rings. The van der Waals surface area contributed by atoms with E-state index < -0.39 is 5.54 Å². The van der Waals surface area contributed by atoms with Crippen molar-refractivity contribution in [2.45, 2.75) is 25.4 Å². The molecule has 0 spiro atoms. The van der Waals surface area contributed by atoms with Crippen molar-refractivity contribution in [3.63, 3.8) is 0 Å². The number of amides is 1. The molecule has 1 fully saturated rings. The Labute approximate surface area is 101 Å². The number of likely N-dealkylation sites (N-methyl/N-ethyl adjacent to an activating group) is 1. The summed E-state index contributed by atoms with van der Waals surface area (Å²) < 4.78 is 1.86. The Kier molecular flexibility index (Phi) is 3.17. The molecule has 6 nitrogen and oxygen atoms in total. The Morgan fingerprint density at radius 2 is 2.29 bits per heavy atom. The van der Waals surface area contributed by atoms with Crippen LogP contribution in [0.2, 0.25) is 0 Å². The molecule has 0 radical (unpaired) electrons. The van der Waals surface area contributed by atoms with E-state index >= 15 is 0 Å². The van der Waals surface area contributed by atoms with Gasteiger partial charge in [0.2, 0.25) is 5.91 Å². The molecule has 94 valence electrons. The minimum atomic E-state index is -0.590. The SMILES string of the molecule is CNC(C)(C)C(=O)Nc1ccnn1C1CNC1. The van der Waals surface area contributed by atoms with Gasteiger partial charge in [0.25, 0.3) is 0 Å². The minimum Gasteiger partial charge on any atom is -0.312 e. The van der Waals surface area contributed by atoms with Gasteiger partial charge in [-0.2, -0.15) is 5.10 Å². The summed E-state index contributed by atoms with van der Waals surface area (Å²) in [5.74, 6) is 0.693. The normalized spacial score (nSPS) is 16.6. The van der Waals surface area contributed by atoms with E-state index in [-0.39, 0.29) is 5.91 Å². The first-order chi connectivity index (χ1) is 8.04. The fourth-order valence-electron chi connectivity index (χ4n) is 1.54. The maximum absolute atomic E-state index is 12.0. The van der Waals surface area contributed by atoms with Crippen LogP contribution in [-0.2, 0) is 4.79 Å². The number of hydrogen-bond acceptors (Lipinski definition) is 4. The lowest BCUT2D eigenvalue weighted by Crippen LogP contribution is -2.49. The molecule has 2 heterocycles. The number of nitrogens with zero attached hydrogens (tertiary/aromatic N) is 2. The second-order valence-electron chi connectivity index (χ2n) is 4.80. The van der Waals surface area contributed by atoms with Crippen molar-refractivity contribution >= 4 is 11.7 Å². The molecule has 3 N–H and O–H groups in total. The van der Waals surface area contributed by atoms with Crippen LogP contribution in [0.1, 0.15) is 19.9 Å². The van der Waals surface area contributed by atoms with Gasteiger partial charge in [-0.1, -0.05) is 0 Å². The number of rotatable bonds is 4. The van der Waals surface area contributed by atoms with E-state index in [4.69, 9.17) is 0 Å². The fraction of sp³-hybridized carbons (Fsp3) is 0.636. The Morgan fingerprint density at radius 1 is 1.59 bits per heavy atom. The standard InChI is InChI=1S/C11H19N5O/c1-11(2,12-3)10(17)15-9-4-5-14-16(9)8-6-13-7-8/h4-5,8,12-13H,6-7H2,1-3H3,(H,15,17). The molecule has 1 aromatic rings. The van der Waals surface area contributed by atoms with E-state index in [2.05, 4.69) is 21.0 Å². The lowest BCUT2D eigenvalue weighted by Gasteiger charge is -2.29. The summed E-state index contributed by atoms with van der Waals surface area (Å²) in [6.07, 6.45) is 1.71. The first kappa shape index (κ1) is 12.1. The number of nitrogens with one attached hydrogen (secondary N) is 3. The third-order valence-electron chi connectivity index (χ3n) is 3.21. The van der Waals surface area contributed by atoms with Crippen molar-refractivity contribution in [3.05, 3.63) is 12.3 Å². The number of aromatic nitrogens is 2. The summed E-state index contributed by atoms with van der Waals surface area (Å²) in [5, 5.41) is 13.3. The van der Waals surface area contributed by atoms with Crippen LogP contribution in [0.5, 0.6) is 0 Å². The third kappa shape index (κ3) is 2.32. The lowest BCUT2D eigenvalue weighted by atomic mass is 10.1. The van der Waals surface area contributed by atoms with Gasteiger partial charge in [0.1, 0.15) is 5.82 Å². The molecule has 2 rings (SSSR count). The van der Waals surface area contributed by atoms with Crippen LogP contribution in [0.3, 0.4) is 0 Å². The molecule has 1 saturated heterocycles. The van der Waals surface area contributed by atoms with Gasteiger partial charge in [-0.3, -0.25) is 4.79 Å². The predicted octanol–water partition coefficient (Wildman–Crippen LogP) is -0.0361. The van der Waals surface area contributed by atoms with Crippen molar-refractivity contribution < 1.29 is 4.79 Å². The molecule has 1 aliphatic heterocycles. The van der Waals surface area contributed by atoms with Crippen molar-refractivity contribution in [3.8, 4) is 0 Å². The van der Waals surface area contributed by atoms with Gasteiger partial charge in [-0.25, -0.2) is 4.68 Å². The molecule has 0 aliphatic carbocycles. The number of carbonyl (C=O) groups is 1. The fourth-order valence-corrected chi connectivity index (χ4v) is 1.54. The third-order valence-corrected chi connectivity index (χ3v) is 3.21. The van der Waals surface area contributed by atoms with Crippen LogP contribution < -0.4 is 16.0 Å². The van der Waals surface area contributed by atoms with Crippen LogP contribution >= 0.6 is 0 Å². The number of anilines is 1. The van der Waals surface area contributed by atoms with Crippen molar-refractivity contribution in [1.82, 2.24) is 20.4 Å². The van der Waals surface area contributed by atoms with Crippen molar-refractivity contribution in [1.29, 1.82) is 0 Å². The van der Waals surface area contributed by atoms with Crippen LogP contribution in [0.15, 0.2) is 12.3 Å². The van der Waals surface area contributed by atoms with Crippen molar-refractivity contribution in [2.24, 2.45) is 0 Å². The second-order valence-corrected chi connectivity index (χ2v) is 4.80. The average molecular weight is 237 g/mol. The maximum Gasteiger partial charge on any atom is 0.245 e. The first-order valence-electron chi connectivity index (χ1n) is 5.79. The van der Waals surface area contributed by atoms with Gasteiger partial charge in [0.05, 0.1) is 17.8 Å². The highest BCUT2D eigenvalue weighted by Crippen LogP contribution is 2.18. The number of hydrogen-bond donors (Lipinski definition) is 3. The molecule has 1 amide bonds. The molecule has 0 aromatic carbocycles. The zero-order chi connectivity index (χ0) is 12.5. The predicted molar refractivity (Wildman–Crippen MR) is 65.9 cm³/mol. The van der Waals surface area contributed by atoms with E-state index in [1.165, 1.54) is 0 Å². The van der Waals surface area contributed by atoms with Gasteiger partial charge in [-0.05, 0) is 20.9 Å². The van der Waals surface area contributed by atoms with Crippen molar-refractivity contribution in [2.75, 3.05) is 25.5 Å². The average Bonchev–Trinajstić information content (AvgIpc) is 2.64. The van der Waals surface area contributed by atoms with E-state index in [0.29, 0.717) is 6.04 Å². The molecule has 0 unspecified atom stereocenters. The molecular weight excluding hydrogens is 218 g/mol. The first-order valence-corrected chi connectivity index (χ1v) is 5.79. The van der Waals surface area contributed by atoms with Crippen LogP contribution in [0.25, 0.3) is 0 Å². The maximum atomic E-state index is 12.0. The Morgan fingerprint density at radius 3 is 2.82 bits per heavy atom. The topological polar surface area (TPSA) is 71.0 Å². The summed E-state index contributed by atoms with van der Waals surface area (Å²) in [4.78, 5) is 12.0. The van der Waals surface area contributed by atoms with Crippen LogP contribution in [0.4, 0.5) is 5.82 Å². The minimum absolute atomic E-state index is 0.0611. The molecule has 17 heavy (non-hydrogen) atoms. The zero-order valence-corrected chi connectivity index (χ0v) is 10.4. The van der Waals surface area contributed by atoms with E-state index in [1.54, 1.807) is 13.2 Å². The molecule has 6 heteroatoms. The van der Waals surface area contributed by atoms with Crippen LogP contribution in [0, 0.1) is 0 Å². The summed E-state index contributed by atoms with van der Waals surface area (Å²) in [6, 6.07) is 2.17. The highest BCUT2D eigenvalue weighted by Gasteiger charge is 2.28. The van der Waals surface area contributed by atoms with Gasteiger partial charge in [0, 0.05) is 19.2 Å². The monoisotopic (exact) mass is 237 g/mol. The van der Waals surface area contributed by atoms with Gasteiger partial charge in [-0.15, -0.1) is 0 Å². The highest BCUT2D eigenvalue weighted by atomic mass is 16.2. The van der Waals surface area contributed by atoms with E-state index in [1.807, 2.05) is 24.6 Å². The lowest BCUT2D eigenvalue weighted by molar-refractivity contribution is -0.121. The summed E-state index contributed by atoms with van der Waals surface area (Å²) >= 11 is 0. The summed E-state index contributed by atoms with van der Waals surface area (Å²) in [6.45, 7) is 5.49. The smallest absolute Gasteiger partial charge is 0.245 e. The molecule has 0 bridgehead atoms. The molecule has 1 aromatic heterocycles.